The van der Waals surface area contributed by atoms with Gasteiger partial charge in [0.1, 0.15) is 19.3 Å². The SMILES string of the molecule is CC/C=C\C/C=C\C/C=C\C/C=C\C/C=C\CCCCCCCCCC(=O)OC(COCCCCCCCCCCCCCCC/C=C\C/C=C\C/C=C\C/C=C\CC)COP(=O)(O)OCC[N+](C)(C)C. The van der Waals surface area contributed by atoms with Crippen LogP contribution in [-0.4, -0.2) is 75.6 Å². The van der Waals surface area contributed by atoms with Crippen molar-refractivity contribution in [3.05, 3.63) is 109 Å². The van der Waals surface area contributed by atoms with E-state index in [1.54, 1.807) is 0 Å². The first-order chi connectivity index (χ1) is 34.6. The van der Waals surface area contributed by atoms with E-state index in [0.717, 1.165) is 96.3 Å². The number of phosphoric ester groups is 1. The van der Waals surface area contributed by atoms with Crippen LogP contribution in [0.1, 0.15) is 219 Å². The Morgan fingerprint density at radius 1 is 0.437 bits per heavy atom. The van der Waals surface area contributed by atoms with Crippen molar-refractivity contribution in [2.45, 2.75) is 225 Å². The first-order valence-corrected chi connectivity index (χ1v) is 30.1. The Bertz CT molecular complexity index is 1500. The number of nitrogens with zero attached hydrogens (tertiary/aromatic N) is 1. The van der Waals surface area contributed by atoms with Gasteiger partial charge >= 0.3 is 13.8 Å². The maximum Gasteiger partial charge on any atom is 0.472 e. The summed E-state index contributed by atoms with van der Waals surface area (Å²) in [4.78, 5) is 23.1. The van der Waals surface area contributed by atoms with E-state index in [1.807, 2.05) is 21.1 Å². The lowest BCUT2D eigenvalue weighted by atomic mass is 10.0. The number of phosphoric acid groups is 1. The van der Waals surface area contributed by atoms with Crippen molar-refractivity contribution in [3.63, 3.8) is 0 Å². The van der Waals surface area contributed by atoms with Crippen molar-refractivity contribution < 1.29 is 37.3 Å². The van der Waals surface area contributed by atoms with Crippen molar-refractivity contribution in [1.82, 2.24) is 0 Å². The zero-order valence-corrected chi connectivity index (χ0v) is 47.3. The molecule has 0 bridgehead atoms. The highest BCUT2D eigenvalue weighted by Crippen LogP contribution is 2.43. The van der Waals surface area contributed by atoms with E-state index in [0.29, 0.717) is 24.1 Å². The number of ether oxygens (including phenoxy) is 2. The normalized spacial score (nSPS) is 14.3. The summed E-state index contributed by atoms with van der Waals surface area (Å²) in [5, 5.41) is 0. The van der Waals surface area contributed by atoms with E-state index in [4.69, 9.17) is 18.5 Å². The second-order valence-electron chi connectivity index (χ2n) is 19.9. The van der Waals surface area contributed by atoms with Crippen molar-refractivity contribution in [1.29, 1.82) is 0 Å². The van der Waals surface area contributed by atoms with Gasteiger partial charge in [-0.15, -0.1) is 0 Å². The summed E-state index contributed by atoms with van der Waals surface area (Å²) < 4.78 is 35.3. The van der Waals surface area contributed by atoms with Crippen LogP contribution in [0, 0.1) is 0 Å². The predicted molar refractivity (Wildman–Crippen MR) is 307 cm³/mol. The quantitative estimate of drug-likeness (QED) is 0.0213. The molecule has 2 unspecified atom stereocenters. The zero-order valence-electron chi connectivity index (χ0n) is 46.4. The van der Waals surface area contributed by atoms with E-state index in [2.05, 4.69) is 123 Å². The molecule has 408 valence electrons. The molecule has 0 heterocycles. The molecule has 2 atom stereocenters. The Morgan fingerprint density at radius 3 is 1.15 bits per heavy atom. The minimum atomic E-state index is -4.30. The maximum absolute atomic E-state index is 12.8. The summed E-state index contributed by atoms with van der Waals surface area (Å²) in [5.41, 5.74) is 0. The summed E-state index contributed by atoms with van der Waals surface area (Å²) in [6, 6.07) is 0. The van der Waals surface area contributed by atoms with Crippen LogP contribution < -0.4 is 0 Å². The zero-order chi connectivity index (χ0) is 51.9. The summed E-state index contributed by atoms with van der Waals surface area (Å²) in [6.07, 6.45) is 75.8. The average Bonchev–Trinajstić information content (AvgIpc) is 3.33. The second-order valence-corrected chi connectivity index (χ2v) is 21.4. The van der Waals surface area contributed by atoms with Gasteiger partial charge in [-0.25, -0.2) is 4.57 Å². The monoisotopic (exact) mass is 1010 g/mol. The molecule has 0 spiro atoms. The highest BCUT2D eigenvalue weighted by molar-refractivity contribution is 7.47. The highest BCUT2D eigenvalue weighted by atomic mass is 31.2. The van der Waals surface area contributed by atoms with E-state index >= 15 is 0 Å². The molecule has 71 heavy (non-hydrogen) atoms. The number of unbranched alkanes of at least 4 members (excludes halogenated alkanes) is 20. The molecule has 0 amide bonds. The standard InChI is InChI=1S/C62H108NO7P/c1-6-8-10-12-14-16-18-20-22-24-26-28-30-31-32-34-36-38-40-42-44-46-48-50-52-54-57-67-59-61(60-69-71(65,66)68-58-56-63(3,4)5)70-62(64)55-53-51-49-47-45-43-41-39-37-35-33-29-27-25-23-21-19-17-15-13-11-9-7-2/h8-11,14-17,20-23,26-29,35,37,61H,6-7,12-13,18-19,24-25,30-34,36,38-60H2,1-5H3/p+1/b10-8-,11-9-,16-14-,17-15-,22-20-,23-21-,28-26-,29-27-,37-35-. The van der Waals surface area contributed by atoms with Crippen LogP contribution in [0.3, 0.4) is 0 Å². The molecule has 0 saturated heterocycles. The number of allylic oxidation sites excluding steroid dienone is 18. The molecule has 0 aliphatic carbocycles. The first kappa shape index (κ1) is 68.2. The smallest absolute Gasteiger partial charge is 0.457 e. The van der Waals surface area contributed by atoms with E-state index in [1.165, 1.54) is 103 Å². The Labute approximate surface area is 438 Å². The number of hydrogen-bond donors (Lipinski definition) is 1. The summed E-state index contributed by atoms with van der Waals surface area (Å²) in [5.74, 6) is -0.327. The highest BCUT2D eigenvalue weighted by Gasteiger charge is 2.26. The molecule has 1 N–H and O–H groups in total. The van der Waals surface area contributed by atoms with Gasteiger partial charge in [0.15, 0.2) is 0 Å². The third kappa shape index (κ3) is 57.9. The second kappa shape index (κ2) is 53.5. The molecule has 0 radical (unpaired) electrons. The Kier molecular flexibility index (Phi) is 51.3. The molecule has 0 aliphatic rings. The number of hydrogen-bond acceptors (Lipinski definition) is 6. The Morgan fingerprint density at radius 2 is 0.775 bits per heavy atom. The van der Waals surface area contributed by atoms with Gasteiger partial charge in [0, 0.05) is 13.0 Å². The molecule has 0 fully saturated rings. The largest absolute Gasteiger partial charge is 0.472 e. The topological polar surface area (TPSA) is 91.3 Å². The maximum atomic E-state index is 12.8. The average molecular weight is 1010 g/mol. The van der Waals surface area contributed by atoms with Gasteiger partial charge < -0.3 is 18.9 Å². The van der Waals surface area contributed by atoms with Crippen LogP contribution in [0.4, 0.5) is 0 Å². The van der Waals surface area contributed by atoms with Gasteiger partial charge in [0.2, 0.25) is 0 Å². The first-order valence-electron chi connectivity index (χ1n) is 28.6. The molecule has 0 rings (SSSR count). The Balaban J connectivity index is 4.12. The summed E-state index contributed by atoms with van der Waals surface area (Å²) >= 11 is 0. The minimum Gasteiger partial charge on any atom is -0.457 e. The van der Waals surface area contributed by atoms with Crippen LogP contribution in [0.25, 0.3) is 0 Å². The van der Waals surface area contributed by atoms with Crippen LogP contribution >= 0.6 is 7.82 Å². The van der Waals surface area contributed by atoms with Gasteiger partial charge in [-0.1, -0.05) is 226 Å². The van der Waals surface area contributed by atoms with Crippen molar-refractivity contribution in [3.8, 4) is 0 Å². The summed E-state index contributed by atoms with van der Waals surface area (Å²) in [6.45, 7) is 5.38. The van der Waals surface area contributed by atoms with E-state index < -0.39 is 13.9 Å². The third-order valence-corrected chi connectivity index (χ3v) is 12.8. The van der Waals surface area contributed by atoms with Crippen LogP contribution in [-0.2, 0) is 27.9 Å². The lowest BCUT2D eigenvalue weighted by Crippen LogP contribution is -2.37. The van der Waals surface area contributed by atoms with Crippen molar-refractivity contribution >= 4 is 13.8 Å². The molecule has 8 nitrogen and oxygen atoms in total. The Hall–Kier alpha value is -2.84. The van der Waals surface area contributed by atoms with Gasteiger partial charge in [-0.2, -0.15) is 0 Å². The molecule has 0 aromatic carbocycles. The van der Waals surface area contributed by atoms with Crippen LogP contribution in [0.5, 0.6) is 0 Å². The van der Waals surface area contributed by atoms with Gasteiger partial charge in [0.25, 0.3) is 0 Å². The fourth-order valence-corrected chi connectivity index (χ4v) is 8.25. The van der Waals surface area contributed by atoms with E-state index in [-0.39, 0.29) is 25.8 Å². The van der Waals surface area contributed by atoms with E-state index in [9.17, 15) is 14.3 Å². The molecule has 0 aromatic rings. The van der Waals surface area contributed by atoms with Gasteiger partial charge in [-0.05, 0) is 96.3 Å². The summed E-state index contributed by atoms with van der Waals surface area (Å²) in [7, 11) is 1.65. The minimum absolute atomic E-state index is 0.0805. The molecule has 0 aromatic heterocycles. The van der Waals surface area contributed by atoms with Crippen LogP contribution in [0.15, 0.2) is 109 Å². The number of rotatable bonds is 52. The van der Waals surface area contributed by atoms with Gasteiger partial charge in [0.05, 0.1) is 34.4 Å². The van der Waals surface area contributed by atoms with Crippen molar-refractivity contribution in [2.75, 3.05) is 54.1 Å². The third-order valence-electron chi connectivity index (χ3n) is 11.8. The number of esters is 1. The molecule has 9 heteroatoms. The lowest BCUT2D eigenvalue weighted by molar-refractivity contribution is -0.870. The van der Waals surface area contributed by atoms with Crippen LogP contribution in [0.2, 0.25) is 0 Å². The van der Waals surface area contributed by atoms with Gasteiger partial charge in [-0.3, -0.25) is 13.8 Å². The van der Waals surface area contributed by atoms with Crippen molar-refractivity contribution in [2.24, 2.45) is 0 Å². The fraction of sp³-hybridized carbons (Fsp3) is 0.694. The molecule has 0 saturated carbocycles. The number of quaternary nitrogens is 1. The fourth-order valence-electron chi connectivity index (χ4n) is 7.51. The molecular weight excluding hydrogens is 902 g/mol. The lowest BCUT2D eigenvalue weighted by Gasteiger charge is -2.24. The number of carbonyl (C=O) groups is 1. The number of likely N-dealkylation sites (N-methyl/N-ethyl adjacent to an activating group) is 1. The molecular formula is C62H109NO7P+. The molecule has 0 aliphatic heterocycles. The number of carbonyl (C=O) groups excluding carboxylic acids is 1. The predicted octanol–water partition coefficient (Wildman–Crippen LogP) is 18.3.